The first-order valence-corrected chi connectivity index (χ1v) is 4.34. The van der Waals surface area contributed by atoms with Gasteiger partial charge in [0.1, 0.15) is 6.29 Å². The van der Waals surface area contributed by atoms with Crippen molar-refractivity contribution in [2.45, 2.75) is 5.72 Å². The Kier molecular flexibility index (Phi) is 2.99. The molecule has 0 fully saturated rings. The number of rotatable bonds is 3. The van der Waals surface area contributed by atoms with Crippen LogP contribution in [0.1, 0.15) is 5.82 Å². The van der Waals surface area contributed by atoms with Crippen LogP contribution in [0, 0.1) is 22.0 Å². The van der Waals surface area contributed by atoms with Crippen molar-refractivity contribution in [3.63, 3.8) is 0 Å². The zero-order valence-electron chi connectivity index (χ0n) is 7.84. The van der Waals surface area contributed by atoms with Gasteiger partial charge in [-0.25, -0.2) is 0 Å². The molecular weight excluding hydrogens is 218 g/mol. The number of aliphatic hydroxyl groups is 1. The monoisotopic (exact) mass is 227 g/mol. The minimum absolute atomic E-state index is 0.0637. The molecule has 0 amide bonds. The Morgan fingerprint density at radius 1 is 1.93 bits per heavy atom. The molecule has 2 atom stereocenters. The number of nitrogens with one attached hydrogen (secondary N) is 1. The maximum atomic E-state index is 10.5. The summed E-state index contributed by atoms with van der Waals surface area (Å²) in [5, 5.41) is 24.5. The molecule has 0 spiro atoms. The summed E-state index contributed by atoms with van der Waals surface area (Å²) in [5.41, 5.74) is 3.32. The van der Waals surface area contributed by atoms with Crippen molar-refractivity contribution in [3.8, 4) is 6.07 Å². The highest BCUT2D eigenvalue weighted by molar-refractivity contribution is 7.71. The molecule has 8 heteroatoms. The van der Waals surface area contributed by atoms with Crippen molar-refractivity contribution >= 4 is 18.5 Å². The van der Waals surface area contributed by atoms with Crippen molar-refractivity contribution < 1.29 is 9.90 Å². The summed E-state index contributed by atoms with van der Waals surface area (Å²) in [6.45, 7) is 0. The number of nitriles is 1. The summed E-state index contributed by atoms with van der Waals surface area (Å²) >= 11 is 4.81. The normalized spacial score (nSPS) is 16.4. The molecule has 1 aromatic rings. The average molecular weight is 227 g/mol. The molecule has 2 unspecified atom stereocenters. The van der Waals surface area contributed by atoms with Gasteiger partial charge in [0.2, 0.25) is 0 Å². The average Bonchev–Trinajstić information content (AvgIpc) is 2.49. The Balaban J connectivity index is 3.28. The molecule has 1 rings (SSSR count). The van der Waals surface area contributed by atoms with E-state index in [1.807, 2.05) is 0 Å². The first-order valence-electron chi connectivity index (χ1n) is 3.93. The summed E-state index contributed by atoms with van der Waals surface area (Å²) in [5.74, 6) is -1.47. The number of hydrogen-bond acceptors (Lipinski definition) is 6. The van der Waals surface area contributed by atoms with Crippen molar-refractivity contribution in [1.82, 2.24) is 14.8 Å². The van der Waals surface area contributed by atoms with E-state index in [4.69, 9.17) is 23.2 Å². The lowest BCUT2D eigenvalue weighted by Crippen LogP contribution is -2.46. The van der Waals surface area contributed by atoms with E-state index in [2.05, 4.69) is 10.2 Å². The second kappa shape index (κ2) is 3.90. The van der Waals surface area contributed by atoms with Gasteiger partial charge in [-0.3, -0.25) is 10.8 Å². The van der Waals surface area contributed by atoms with Crippen LogP contribution in [0.15, 0.2) is 0 Å². The van der Waals surface area contributed by atoms with Gasteiger partial charge >= 0.3 is 0 Å². The first kappa shape index (κ1) is 11.5. The SMILES string of the molecule is Cn1c(C(N)(O)C(C#N)C=O)n[nH]c1=S. The molecule has 0 saturated carbocycles. The fourth-order valence-electron chi connectivity index (χ4n) is 1.08. The molecule has 80 valence electrons. The lowest BCUT2D eigenvalue weighted by molar-refractivity contribution is -0.117. The summed E-state index contributed by atoms with van der Waals surface area (Å²) in [7, 11) is 1.51. The molecule has 0 saturated heterocycles. The molecule has 0 aliphatic rings. The fraction of sp³-hybridized carbons (Fsp3) is 0.429. The van der Waals surface area contributed by atoms with Gasteiger partial charge in [-0.15, -0.1) is 0 Å². The largest absolute Gasteiger partial charge is 0.367 e. The van der Waals surface area contributed by atoms with Crippen LogP contribution in [-0.2, 0) is 17.6 Å². The Morgan fingerprint density at radius 2 is 2.53 bits per heavy atom. The molecular formula is C7H9N5O2S. The maximum Gasteiger partial charge on any atom is 0.197 e. The van der Waals surface area contributed by atoms with E-state index in [0.29, 0.717) is 0 Å². The number of nitrogens with two attached hydrogens (primary N) is 1. The first-order chi connectivity index (χ1) is 6.95. The van der Waals surface area contributed by atoms with Crippen LogP contribution < -0.4 is 5.73 Å². The molecule has 0 aliphatic carbocycles. The van der Waals surface area contributed by atoms with Crippen molar-refractivity contribution in [2.24, 2.45) is 18.7 Å². The summed E-state index contributed by atoms with van der Waals surface area (Å²) in [4.78, 5) is 10.5. The Hall–Kier alpha value is -1.56. The molecule has 0 aromatic carbocycles. The van der Waals surface area contributed by atoms with Crippen LogP contribution in [0.2, 0.25) is 0 Å². The van der Waals surface area contributed by atoms with Gasteiger partial charge in [-0.2, -0.15) is 10.4 Å². The molecule has 1 aromatic heterocycles. The number of aldehydes is 1. The van der Waals surface area contributed by atoms with Crippen molar-refractivity contribution in [1.29, 1.82) is 5.26 Å². The zero-order valence-corrected chi connectivity index (χ0v) is 8.65. The van der Waals surface area contributed by atoms with Crippen LogP contribution in [0.3, 0.4) is 0 Å². The van der Waals surface area contributed by atoms with Gasteiger partial charge in [-0.05, 0) is 12.2 Å². The second-order valence-corrected chi connectivity index (χ2v) is 3.37. The Bertz CT molecular complexity index is 468. The molecule has 15 heavy (non-hydrogen) atoms. The van der Waals surface area contributed by atoms with Crippen LogP contribution in [0.4, 0.5) is 0 Å². The smallest absolute Gasteiger partial charge is 0.197 e. The minimum atomic E-state index is -2.15. The van der Waals surface area contributed by atoms with Crippen LogP contribution in [0.25, 0.3) is 0 Å². The Labute approximate surface area is 90.1 Å². The second-order valence-electron chi connectivity index (χ2n) is 2.98. The number of carbonyl (C=O) groups excluding carboxylic acids is 1. The van der Waals surface area contributed by atoms with Crippen LogP contribution >= 0.6 is 12.2 Å². The Morgan fingerprint density at radius 3 is 2.87 bits per heavy atom. The number of carbonyl (C=O) groups is 1. The molecule has 7 nitrogen and oxygen atoms in total. The zero-order chi connectivity index (χ0) is 11.6. The molecule has 0 radical (unpaired) electrons. The van der Waals surface area contributed by atoms with Gasteiger partial charge in [0.05, 0.1) is 6.07 Å². The molecule has 0 aliphatic heterocycles. The number of nitrogens with zero attached hydrogens (tertiary/aromatic N) is 3. The van der Waals surface area contributed by atoms with E-state index >= 15 is 0 Å². The highest BCUT2D eigenvalue weighted by Crippen LogP contribution is 2.20. The lowest BCUT2D eigenvalue weighted by atomic mass is 9.99. The maximum absolute atomic E-state index is 10.5. The van der Waals surface area contributed by atoms with E-state index in [-0.39, 0.29) is 16.9 Å². The number of H-pyrrole nitrogens is 1. The van der Waals surface area contributed by atoms with E-state index < -0.39 is 11.6 Å². The standard InChI is InChI=1S/C7H9N5O2S/c1-12-5(10-11-6(12)15)7(9,14)4(2-8)3-13/h3-4,14H,9H2,1H3,(H,11,15). The molecule has 1 heterocycles. The fourth-order valence-corrected chi connectivity index (χ4v) is 1.21. The van der Waals surface area contributed by atoms with Gasteiger partial charge in [0, 0.05) is 7.05 Å². The number of aromatic nitrogens is 3. The number of aromatic amines is 1. The van der Waals surface area contributed by atoms with E-state index in [0.717, 1.165) is 0 Å². The summed E-state index contributed by atoms with van der Waals surface area (Å²) in [6, 6.07) is 1.58. The van der Waals surface area contributed by atoms with E-state index in [9.17, 15) is 9.90 Å². The quantitative estimate of drug-likeness (QED) is 0.343. The predicted octanol–water partition coefficient (Wildman–Crippen LogP) is -1.08. The van der Waals surface area contributed by atoms with Crippen molar-refractivity contribution in [2.75, 3.05) is 0 Å². The molecule has 0 bridgehead atoms. The third-order valence-corrected chi connectivity index (χ3v) is 2.35. The summed E-state index contributed by atoms with van der Waals surface area (Å²) < 4.78 is 1.53. The highest BCUT2D eigenvalue weighted by atomic mass is 32.1. The molecule has 4 N–H and O–H groups in total. The van der Waals surface area contributed by atoms with Gasteiger partial charge in [0.15, 0.2) is 22.2 Å². The predicted molar refractivity (Wildman–Crippen MR) is 51.6 cm³/mol. The third kappa shape index (κ3) is 1.80. The van der Waals surface area contributed by atoms with E-state index in [1.165, 1.54) is 11.6 Å². The minimum Gasteiger partial charge on any atom is -0.367 e. The van der Waals surface area contributed by atoms with Gasteiger partial charge in [-0.1, -0.05) is 0 Å². The van der Waals surface area contributed by atoms with Crippen LogP contribution in [0.5, 0.6) is 0 Å². The van der Waals surface area contributed by atoms with E-state index in [1.54, 1.807) is 6.07 Å². The van der Waals surface area contributed by atoms with Gasteiger partial charge < -0.3 is 14.5 Å². The highest BCUT2D eigenvalue weighted by Gasteiger charge is 2.39. The van der Waals surface area contributed by atoms with Gasteiger partial charge in [0.25, 0.3) is 0 Å². The van der Waals surface area contributed by atoms with Crippen molar-refractivity contribution in [3.05, 3.63) is 10.6 Å². The topological polar surface area (TPSA) is 121 Å². The van der Waals surface area contributed by atoms with Crippen LogP contribution in [-0.4, -0.2) is 26.2 Å². The summed E-state index contributed by atoms with van der Waals surface area (Å²) in [6.07, 6.45) is 0.262. The lowest BCUT2D eigenvalue weighted by Gasteiger charge is -2.22. The number of hydrogen-bond donors (Lipinski definition) is 3. The third-order valence-electron chi connectivity index (χ3n) is 1.99.